The Hall–Kier alpha value is -1.90. The zero-order valence-electron chi connectivity index (χ0n) is 18.6. The van der Waals surface area contributed by atoms with E-state index < -0.39 is 57.2 Å². The van der Waals surface area contributed by atoms with Crippen molar-refractivity contribution in [2.75, 3.05) is 25.7 Å². The SMILES string of the molecule is CS(=O)(=O)OCC1OC(c2ccccc2)OC1C1OC(c2ccccc2)OC1COS(C)(=O)=O. The van der Waals surface area contributed by atoms with Crippen molar-refractivity contribution in [2.45, 2.75) is 37.0 Å². The number of rotatable bonds is 9. The molecule has 6 atom stereocenters. The standard InChI is InChI=1S/C22H26O10S2/c1-33(23,24)27-13-17-19(31-21(29-17)15-9-5-3-6-10-15)20-18(14-28-34(2,25)26)30-22(32-20)16-11-7-4-8-12-16/h3-12,17-22H,13-14H2,1-2H3. The smallest absolute Gasteiger partial charge is 0.264 e. The number of hydrogen-bond acceptors (Lipinski definition) is 10. The van der Waals surface area contributed by atoms with Gasteiger partial charge in [0, 0.05) is 11.1 Å². The van der Waals surface area contributed by atoms with Crippen LogP contribution in [-0.4, -0.2) is 67.0 Å². The number of benzene rings is 2. The molecule has 10 nitrogen and oxygen atoms in total. The van der Waals surface area contributed by atoms with Crippen molar-refractivity contribution >= 4 is 20.2 Å². The lowest BCUT2D eigenvalue weighted by Gasteiger charge is -2.25. The number of ether oxygens (including phenoxy) is 4. The number of hydrogen-bond donors (Lipinski definition) is 0. The Labute approximate surface area is 198 Å². The van der Waals surface area contributed by atoms with Crippen LogP contribution in [0.4, 0.5) is 0 Å². The second-order valence-corrected chi connectivity index (χ2v) is 11.3. The van der Waals surface area contributed by atoms with Gasteiger partial charge < -0.3 is 18.9 Å². The van der Waals surface area contributed by atoms with Crippen molar-refractivity contribution in [3.63, 3.8) is 0 Å². The van der Waals surface area contributed by atoms with Crippen LogP contribution in [0.3, 0.4) is 0 Å². The van der Waals surface area contributed by atoms with Crippen molar-refractivity contribution < 1.29 is 44.1 Å². The van der Waals surface area contributed by atoms with Gasteiger partial charge in [-0.2, -0.15) is 16.8 Å². The van der Waals surface area contributed by atoms with E-state index in [-0.39, 0.29) is 13.2 Å². The Bertz CT molecular complexity index is 1060. The summed E-state index contributed by atoms with van der Waals surface area (Å²) in [5, 5.41) is 0. The van der Waals surface area contributed by atoms with Gasteiger partial charge in [-0.15, -0.1) is 0 Å². The molecule has 0 spiro atoms. The fourth-order valence-electron chi connectivity index (χ4n) is 3.76. The molecule has 0 bridgehead atoms. The van der Waals surface area contributed by atoms with Crippen LogP contribution < -0.4 is 0 Å². The normalized spacial score (nSPS) is 29.9. The fraction of sp³-hybridized carbons (Fsp3) is 0.455. The third kappa shape index (κ3) is 6.61. The Morgan fingerprint density at radius 2 is 0.971 bits per heavy atom. The zero-order valence-corrected chi connectivity index (χ0v) is 20.2. The van der Waals surface area contributed by atoms with Crippen LogP contribution in [0.1, 0.15) is 23.7 Å². The van der Waals surface area contributed by atoms with E-state index in [2.05, 4.69) is 0 Å². The lowest BCUT2D eigenvalue weighted by molar-refractivity contribution is -0.107. The molecule has 0 radical (unpaired) electrons. The topological polar surface area (TPSA) is 124 Å². The van der Waals surface area contributed by atoms with Crippen molar-refractivity contribution in [3.05, 3.63) is 71.8 Å². The molecule has 2 fully saturated rings. The fourth-order valence-corrected chi connectivity index (χ4v) is 4.52. The third-order valence-electron chi connectivity index (χ3n) is 5.25. The summed E-state index contributed by atoms with van der Waals surface area (Å²) in [6, 6.07) is 18.2. The van der Waals surface area contributed by atoms with Crippen molar-refractivity contribution in [1.29, 1.82) is 0 Å². The molecule has 34 heavy (non-hydrogen) atoms. The summed E-state index contributed by atoms with van der Waals surface area (Å²) >= 11 is 0. The summed E-state index contributed by atoms with van der Waals surface area (Å²) < 4.78 is 80.8. The Morgan fingerprint density at radius 3 is 1.29 bits per heavy atom. The quantitative estimate of drug-likeness (QED) is 0.458. The van der Waals surface area contributed by atoms with E-state index in [4.69, 9.17) is 27.3 Å². The largest absolute Gasteiger partial charge is 0.340 e. The van der Waals surface area contributed by atoms with Gasteiger partial charge in [-0.25, -0.2) is 0 Å². The Morgan fingerprint density at radius 1 is 0.618 bits per heavy atom. The molecule has 2 heterocycles. The highest BCUT2D eigenvalue weighted by molar-refractivity contribution is 7.86. The van der Waals surface area contributed by atoms with Crippen molar-refractivity contribution in [2.24, 2.45) is 0 Å². The minimum atomic E-state index is -3.75. The second kappa shape index (κ2) is 10.4. The van der Waals surface area contributed by atoms with Gasteiger partial charge in [0.05, 0.1) is 25.7 Å². The van der Waals surface area contributed by atoms with Gasteiger partial charge in [-0.1, -0.05) is 60.7 Å². The molecule has 2 aliphatic rings. The lowest BCUT2D eigenvalue weighted by Crippen LogP contribution is -2.45. The molecule has 12 heteroatoms. The molecule has 186 valence electrons. The predicted molar refractivity (Wildman–Crippen MR) is 119 cm³/mol. The molecule has 6 unspecified atom stereocenters. The van der Waals surface area contributed by atoms with Gasteiger partial charge in [-0.05, 0) is 0 Å². The van der Waals surface area contributed by atoms with Crippen LogP contribution in [0.25, 0.3) is 0 Å². The molecule has 0 amide bonds. The van der Waals surface area contributed by atoms with E-state index >= 15 is 0 Å². The highest BCUT2D eigenvalue weighted by Gasteiger charge is 2.50. The summed E-state index contributed by atoms with van der Waals surface area (Å²) in [5.41, 5.74) is 1.44. The van der Waals surface area contributed by atoms with Crippen molar-refractivity contribution in [3.8, 4) is 0 Å². The summed E-state index contributed by atoms with van der Waals surface area (Å²) in [5.74, 6) is 0. The summed E-state index contributed by atoms with van der Waals surface area (Å²) in [7, 11) is -7.50. The van der Waals surface area contributed by atoms with E-state index in [9.17, 15) is 16.8 Å². The lowest BCUT2D eigenvalue weighted by atomic mass is 10.0. The van der Waals surface area contributed by atoms with E-state index in [1.807, 2.05) is 60.7 Å². The molecule has 4 rings (SSSR count). The molecular formula is C22H26O10S2. The van der Waals surface area contributed by atoms with Gasteiger partial charge in [0.25, 0.3) is 20.2 Å². The average molecular weight is 515 g/mol. The maximum Gasteiger partial charge on any atom is 0.264 e. The second-order valence-electron chi connectivity index (χ2n) is 8.01. The van der Waals surface area contributed by atoms with Crippen LogP contribution in [0.15, 0.2) is 60.7 Å². The van der Waals surface area contributed by atoms with Crippen LogP contribution in [0, 0.1) is 0 Å². The van der Waals surface area contributed by atoms with Crippen LogP contribution in [-0.2, 0) is 47.5 Å². The zero-order chi connectivity index (χ0) is 24.3. The van der Waals surface area contributed by atoms with Crippen molar-refractivity contribution in [1.82, 2.24) is 0 Å². The van der Waals surface area contributed by atoms with Crippen LogP contribution in [0.5, 0.6) is 0 Å². The van der Waals surface area contributed by atoms with Gasteiger partial charge in [0.1, 0.15) is 24.4 Å². The molecule has 2 aromatic rings. The van der Waals surface area contributed by atoms with Crippen LogP contribution in [0.2, 0.25) is 0 Å². The van der Waals surface area contributed by atoms with Crippen LogP contribution >= 0.6 is 0 Å². The first kappa shape index (κ1) is 25.2. The first-order valence-corrected chi connectivity index (χ1v) is 14.1. The summed E-state index contributed by atoms with van der Waals surface area (Å²) in [6.45, 7) is -0.634. The van der Waals surface area contributed by atoms with Gasteiger partial charge >= 0.3 is 0 Å². The van der Waals surface area contributed by atoms with E-state index in [1.54, 1.807) is 0 Å². The van der Waals surface area contributed by atoms with Gasteiger partial charge in [0.2, 0.25) is 0 Å². The Balaban J connectivity index is 1.60. The molecule has 2 aromatic carbocycles. The summed E-state index contributed by atoms with van der Waals surface area (Å²) in [6.07, 6.45) is -3.10. The molecule has 2 aliphatic heterocycles. The first-order valence-electron chi connectivity index (χ1n) is 10.5. The Kier molecular flexibility index (Phi) is 7.69. The van der Waals surface area contributed by atoms with Gasteiger partial charge in [0.15, 0.2) is 12.6 Å². The summed E-state index contributed by atoms with van der Waals surface area (Å²) in [4.78, 5) is 0. The van der Waals surface area contributed by atoms with Gasteiger partial charge in [-0.3, -0.25) is 8.37 Å². The van der Waals surface area contributed by atoms with E-state index in [0.29, 0.717) is 0 Å². The maximum absolute atomic E-state index is 11.6. The first-order chi connectivity index (χ1) is 16.1. The predicted octanol–water partition coefficient (Wildman–Crippen LogP) is 1.90. The molecule has 0 aliphatic carbocycles. The minimum Gasteiger partial charge on any atom is -0.340 e. The third-order valence-corrected chi connectivity index (χ3v) is 6.38. The molecule has 0 aromatic heterocycles. The van der Waals surface area contributed by atoms with E-state index in [0.717, 1.165) is 23.6 Å². The van der Waals surface area contributed by atoms with E-state index in [1.165, 1.54) is 0 Å². The minimum absolute atomic E-state index is 0.317. The molecule has 0 N–H and O–H groups in total. The molecular weight excluding hydrogens is 488 g/mol. The molecule has 2 saturated heterocycles. The highest BCUT2D eigenvalue weighted by atomic mass is 32.2. The monoisotopic (exact) mass is 514 g/mol. The molecule has 0 saturated carbocycles. The average Bonchev–Trinajstić information content (AvgIpc) is 3.41. The highest BCUT2D eigenvalue weighted by Crippen LogP contribution is 2.41. The maximum atomic E-state index is 11.6.